The highest BCUT2D eigenvalue weighted by molar-refractivity contribution is 5.77. The Bertz CT molecular complexity index is 746. The van der Waals surface area contributed by atoms with E-state index in [0.29, 0.717) is 5.95 Å². The minimum absolute atomic E-state index is 0.546. The Morgan fingerprint density at radius 1 is 1.35 bits per heavy atom. The first-order valence-electron chi connectivity index (χ1n) is 6.77. The fourth-order valence-electron chi connectivity index (χ4n) is 2.56. The summed E-state index contributed by atoms with van der Waals surface area (Å²) in [5.74, 6) is 0.546. The van der Waals surface area contributed by atoms with Gasteiger partial charge in [-0.15, -0.1) is 0 Å². The molecule has 106 valence electrons. The van der Waals surface area contributed by atoms with Crippen LogP contribution in [0, 0.1) is 6.92 Å². The molecular formula is C13H19N7. The predicted octanol–water partition coefficient (Wildman–Crippen LogP) is 1.12. The third-order valence-corrected chi connectivity index (χ3v) is 3.64. The Morgan fingerprint density at radius 3 is 2.80 bits per heavy atom. The summed E-state index contributed by atoms with van der Waals surface area (Å²) in [5.41, 5.74) is 10.1. The lowest BCUT2D eigenvalue weighted by molar-refractivity contribution is 0.614. The van der Waals surface area contributed by atoms with Crippen molar-refractivity contribution in [1.82, 2.24) is 29.1 Å². The van der Waals surface area contributed by atoms with Gasteiger partial charge in [0, 0.05) is 38.4 Å². The van der Waals surface area contributed by atoms with E-state index in [2.05, 4.69) is 22.1 Å². The lowest BCUT2D eigenvalue weighted by Crippen LogP contribution is -2.11. The number of imidazole rings is 1. The molecule has 20 heavy (non-hydrogen) atoms. The normalized spacial score (nSPS) is 11.6. The molecular weight excluding hydrogens is 254 g/mol. The zero-order chi connectivity index (χ0) is 14.3. The molecule has 0 fully saturated rings. The molecule has 7 nitrogen and oxygen atoms in total. The van der Waals surface area contributed by atoms with Gasteiger partial charge in [-0.2, -0.15) is 10.2 Å². The number of nitrogens with two attached hydrogens (primary N) is 1. The number of aromatic nitrogens is 6. The number of rotatable bonds is 4. The van der Waals surface area contributed by atoms with Crippen molar-refractivity contribution in [2.24, 2.45) is 7.05 Å². The second-order valence-electron chi connectivity index (χ2n) is 4.89. The van der Waals surface area contributed by atoms with E-state index in [1.165, 1.54) is 5.69 Å². The van der Waals surface area contributed by atoms with Gasteiger partial charge >= 0.3 is 0 Å². The fraction of sp³-hybridized carbons (Fsp3) is 0.462. The summed E-state index contributed by atoms with van der Waals surface area (Å²) in [5, 5.41) is 8.67. The lowest BCUT2D eigenvalue weighted by Gasteiger charge is -2.08. The smallest absolute Gasteiger partial charge is 0.202 e. The summed E-state index contributed by atoms with van der Waals surface area (Å²) in [7, 11) is 1.95. The molecule has 0 aliphatic heterocycles. The van der Waals surface area contributed by atoms with Gasteiger partial charge in [0.05, 0.1) is 5.69 Å². The molecule has 0 radical (unpaired) electrons. The summed E-state index contributed by atoms with van der Waals surface area (Å²) in [6.07, 6.45) is 2.67. The average Bonchev–Trinajstić information content (AvgIpc) is 3.05. The van der Waals surface area contributed by atoms with Crippen molar-refractivity contribution in [1.29, 1.82) is 0 Å². The highest BCUT2D eigenvalue weighted by Crippen LogP contribution is 2.21. The lowest BCUT2D eigenvalue weighted by atomic mass is 10.3. The monoisotopic (exact) mass is 273 g/mol. The quantitative estimate of drug-likeness (QED) is 0.772. The number of anilines is 1. The largest absolute Gasteiger partial charge is 0.369 e. The third-order valence-electron chi connectivity index (χ3n) is 3.64. The summed E-state index contributed by atoms with van der Waals surface area (Å²) < 4.78 is 5.87. The Kier molecular flexibility index (Phi) is 2.96. The standard InChI is InChI=1S/C13H19N7/c1-4-20-12-11(9(2)17-20)16-13(14)19(12)8-6-10-5-7-15-18(10)3/h5,7H,4,6,8H2,1-3H3,(H2,14,16). The van der Waals surface area contributed by atoms with E-state index in [-0.39, 0.29) is 0 Å². The number of nitrogen functional groups attached to an aromatic ring is 1. The second kappa shape index (κ2) is 4.66. The molecule has 0 bridgehead atoms. The van der Waals surface area contributed by atoms with Crippen LogP contribution in [0.4, 0.5) is 5.95 Å². The Balaban J connectivity index is 1.98. The van der Waals surface area contributed by atoms with E-state index >= 15 is 0 Å². The van der Waals surface area contributed by atoms with Crippen molar-refractivity contribution in [3.05, 3.63) is 23.7 Å². The van der Waals surface area contributed by atoms with Crippen molar-refractivity contribution in [2.45, 2.75) is 33.4 Å². The fourth-order valence-corrected chi connectivity index (χ4v) is 2.56. The summed E-state index contributed by atoms with van der Waals surface area (Å²) in [4.78, 5) is 4.44. The number of nitrogens with zero attached hydrogens (tertiary/aromatic N) is 6. The van der Waals surface area contributed by atoms with Crippen LogP contribution in [0.25, 0.3) is 11.2 Å². The molecule has 0 atom stereocenters. The summed E-state index contributed by atoms with van der Waals surface area (Å²) >= 11 is 0. The maximum Gasteiger partial charge on any atom is 0.202 e. The molecule has 3 aromatic heterocycles. The van der Waals surface area contributed by atoms with Crippen LogP contribution in [0.3, 0.4) is 0 Å². The average molecular weight is 273 g/mol. The van der Waals surface area contributed by atoms with Crippen LogP contribution in [-0.2, 0) is 26.6 Å². The van der Waals surface area contributed by atoms with Crippen LogP contribution in [0.15, 0.2) is 12.3 Å². The van der Waals surface area contributed by atoms with Crippen LogP contribution in [0.2, 0.25) is 0 Å². The topological polar surface area (TPSA) is 79.5 Å². The van der Waals surface area contributed by atoms with Crippen molar-refractivity contribution in [2.75, 3.05) is 5.73 Å². The van der Waals surface area contributed by atoms with Gasteiger partial charge in [0.25, 0.3) is 0 Å². The zero-order valence-corrected chi connectivity index (χ0v) is 12.0. The molecule has 2 N–H and O–H groups in total. The molecule has 0 saturated carbocycles. The van der Waals surface area contributed by atoms with Gasteiger partial charge in [-0.25, -0.2) is 9.67 Å². The molecule has 0 aliphatic rings. The van der Waals surface area contributed by atoms with Gasteiger partial charge in [-0.1, -0.05) is 0 Å². The van der Waals surface area contributed by atoms with Crippen LogP contribution in [0.5, 0.6) is 0 Å². The van der Waals surface area contributed by atoms with Gasteiger partial charge in [0.2, 0.25) is 5.95 Å². The molecule has 0 unspecified atom stereocenters. The van der Waals surface area contributed by atoms with Gasteiger partial charge in [-0.3, -0.25) is 9.25 Å². The molecule has 0 aromatic carbocycles. The van der Waals surface area contributed by atoms with E-state index < -0.39 is 0 Å². The van der Waals surface area contributed by atoms with E-state index in [0.717, 1.165) is 36.4 Å². The van der Waals surface area contributed by atoms with Gasteiger partial charge in [0.1, 0.15) is 5.52 Å². The minimum atomic E-state index is 0.546. The van der Waals surface area contributed by atoms with Crippen LogP contribution >= 0.6 is 0 Å². The summed E-state index contributed by atoms with van der Waals surface area (Å²) in [6, 6.07) is 2.02. The molecule has 3 heterocycles. The molecule has 3 aromatic rings. The van der Waals surface area contributed by atoms with E-state index in [9.17, 15) is 0 Å². The van der Waals surface area contributed by atoms with Crippen molar-refractivity contribution in [3.63, 3.8) is 0 Å². The first-order chi connectivity index (χ1) is 9.61. The molecule has 0 aliphatic carbocycles. The van der Waals surface area contributed by atoms with Crippen molar-refractivity contribution >= 4 is 17.1 Å². The van der Waals surface area contributed by atoms with Crippen LogP contribution in [-0.4, -0.2) is 29.1 Å². The van der Waals surface area contributed by atoms with Crippen LogP contribution < -0.4 is 5.73 Å². The molecule has 3 rings (SSSR count). The Morgan fingerprint density at radius 2 is 2.15 bits per heavy atom. The highest BCUT2D eigenvalue weighted by Gasteiger charge is 2.16. The first-order valence-corrected chi connectivity index (χ1v) is 6.77. The highest BCUT2D eigenvalue weighted by atomic mass is 15.4. The summed E-state index contributed by atoms with van der Waals surface area (Å²) in [6.45, 7) is 5.61. The van der Waals surface area contributed by atoms with Gasteiger partial charge < -0.3 is 5.73 Å². The van der Waals surface area contributed by atoms with E-state index in [4.69, 9.17) is 5.73 Å². The van der Waals surface area contributed by atoms with Gasteiger partial charge in [-0.05, 0) is 19.9 Å². The molecule has 0 spiro atoms. The van der Waals surface area contributed by atoms with Crippen LogP contribution in [0.1, 0.15) is 18.3 Å². The Labute approximate surface area is 117 Å². The first kappa shape index (κ1) is 12.7. The minimum Gasteiger partial charge on any atom is -0.369 e. The van der Waals surface area contributed by atoms with E-state index in [1.807, 2.05) is 40.2 Å². The Hall–Kier alpha value is -2.31. The number of hydrogen-bond donors (Lipinski definition) is 1. The maximum absolute atomic E-state index is 6.06. The number of aryl methyl sites for hydroxylation is 5. The number of fused-ring (bicyclic) bond motifs is 1. The second-order valence-corrected chi connectivity index (χ2v) is 4.89. The number of hydrogen-bond acceptors (Lipinski definition) is 4. The zero-order valence-electron chi connectivity index (χ0n) is 12.0. The van der Waals surface area contributed by atoms with E-state index in [1.54, 1.807) is 0 Å². The van der Waals surface area contributed by atoms with Crippen molar-refractivity contribution in [3.8, 4) is 0 Å². The SMILES string of the molecule is CCn1nc(C)c2nc(N)n(CCc3ccnn3C)c21. The molecule has 0 saturated heterocycles. The molecule has 0 amide bonds. The maximum atomic E-state index is 6.06. The molecule has 7 heteroatoms. The predicted molar refractivity (Wildman–Crippen MR) is 77.3 cm³/mol. The third kappa shape index (κ3) is 1.86. The van der Waals surface area contributed by atoms with Crippen molar-refractivity contribution < 1.29 is 0 Å². The van der Waals surface area contributed by atoms with Gasteiger partial charge in [0.15, 0.2) is 5.65 Å².